The highest BCUT2D eigenvalue weighted by atomic mass is 35.5. The zero-order valence-corrected chi connectivity index (χ0v) is 18.1. The van der Waals surface area contributed by atoms with Crippen LogP contribution in [0.25, 0.3) is 10.2 Å². The number of aromatic carboxylic acids is 1. The molecule has 0 saturated heterocycles. The first-order chi connectivity index (χ1) is 14.3. The number of thiophene rings is 1. The Balaban J connectivity index is 2.09. The summed E-state index contributed by atoms with van der Waals surface area (Å²) < 4.78 is 7.60. The summed E-state index contributed by atoms with van der Waals surface area (Å²) in [5, 5.41) is 14.4. The van der Waals surface area contributed by atoms with Crippen molar-refractivity contribution < 1.29 is 19.4 Å². The van der Waals surface area contributed by atoms with Gasteiger partial charge in [-0.15, -0.1) is 11.3 Å². The van der Waals surface area contributed by atoms with Gasteiger partial charge in [-0.25, -0.2) is 4.79 Å². The van der Waals surface area contributed by atoms with E-state index in [9.17, 15) is 19.5 Å². The zero-order chi connectivity index (χ0) is 21.8. The third kappa shape index (κ3) is 4.49. The Morgan fingerprint density at radius 1 is 1.30 bits per heavy atom. The number of carboxylic acid groups (broad SMARTS) is 1. The van der Waals surface area contributed by atoms with Gasteiger partial charge in [0.1, 0.15) is 5.56 Å². The van der Waals surface area contributed by atoms with Crippen molar-refractivity contribution in [2.75, 3.05) is 11.9 Å². The van der Waals surface area contributed by atoms with Gasteiger partial charge in [-0.2, -0.15) is 0 Å². The molecule has 0 atom stereocenters. The van der Waals surface area contributed by atoms with Crippen LogP contribution in [0.2, 0.25) is 5.02 Å². The maximum Gasteiger partial charge on any atom is 0.341 e. The summed E-state index contributed by atoms with van der Waals surface area (Å²) in [7, 11) is 0. The molecule has 3 aromatic rings. The number of amides is 1. The van der Waals surface area contributed by atoms with E-state index in [2.05, 4.69) is 5.32 Å². The summed E-state index contributed by atoms with van der Waals surface area (Å²) in [6, 6.07) is 6.81. The lowest BCUT2D eigenvalue weighted by atomic mass is 10.1. The third-order valence-corrected chi connectivity index (χ3v) is 5.71. The van der Waals surface area contributed by atoms with Crippen LogP contribution < -0.4 is 15.6 Å². The first kappa shape index (κ1) is 21.9. The van der Waals surface area contributed by atoms with Crippen molar-refractivity contribution >= 4 is 50.7 Å². The van der Waals surface area contributed by atoms with Gasteiger partial charge in [0.2, 0.25) is 11.7 Å². The second-order valence-corrected chi connectivity index (χ2v) is 8.06. The van der Waals surface area contributed by atoms with E-state index in [4.69, 9.17) is 16.3 Å². The molecule has 7 nitrogen and oxygen atoms in total. The molecule has 0 aliphatic rings. The summed E-state index contributed by atoms with van der Waals surface area (Å²) in [6.07, 6.45) is 1.57. The number of fused-ring (bicyclic) bond motifs is 1. The summed E-state index contributed by atoms with van der Waals surface area (Å²) in [4.78, 5) is 36.3. The molecule has 2 aromatic heterocycles. The van der Waals surface area contributed by atoms with Crippen LogP contribution >= 0.6 is 22.9 Å². The monoisotopic (exact) mass is 448 g/mol. The summed E-state index contributed by atoms with van der Waals surface area (Å²) in [5.74, 6) is -1.58. The zero-order valence-electron chi connectivity index (χ0n) is 16.5. The molecule has 1 aromatic carbocycles. The highest BCUT2D eigenvalue weighted by molar-refractivity contribution is 7.17. The van der Waals surface area contributed by atoms with Crippen LogP contribution in [-0.2, 0) is 11.3 Å². The molecule has 0 spiro atoms. The minimum atomic E-state index is -1.19. The molecule has 0 saturated carbocycles. The topological polar surface area (TPSA) is 97.6 Å². The minimum Gasteiger partial charge on any atom is -0.487 e. The van der Waals surface area contributed by atoms with Gasteiger partial charge >= 0.3 is 5.97 Å². The lowest BCUT2D eigenvalue weighted by Crippen LogP contribution is -2.26. The second-order valence-electron chi connectivity index (χ2n) is 6.73. The fraction of sp³-hybridized carbons (Fsp3) is 0.286. The molecule has 3 rings (SSSR count). The Hall–Kier alpha value is -2.84. The number of nitrogens with one attached hydrogen (secondary N) is 1. The maximum absolute atomic E-state index is 13.2. The van der Waals surface area contributed by atoms with Gasteiger partial charge in [0, 0.05) is 6.92 Å². The van der Waals surface area contributed by atoms with Gasteiger partial charge < -0.3 is 15.2 Å². The van der Waals surface area contributed by atoms with E-state index in [1.165, 1.54) is 22.8 Å². The number of carbonyl (C=O) groups excluding carboxylic acids is 1. The molecule has 1 amide bonds. The van der Waals surface area contributed by atoms with E-state index in [1.807, 2.05) is 6.92 Å². The molecule has 2 heterocycles. The number of hydrogen-bond acceptors (Lipinski definition) is 5. The minimum absolute atomic E-state index is 0.101. The number of halogens is 1. The number of carboxylic acids is 1. The number of hydrogen-bond donors (Lipinski definition) is 2. The fourth-order valence-electron chi connectivity index (χ4n) is 3.08. The molecular weight excluding hydrogens is 428 g/mol. The molecule has 0 aliphatic heterocycles. The van der Waals surface area contributed by atoms with Crippen LogP contribution in [0.5, 0.6) is 5.75 Å². The average molecular weight is 449 g/mol. The first-order valence-electron chi connectivity index (χ1n) is 9.39. The van der Waals surface area contributed by atoms with Crippen LogP contribution in [0.3, 0.4) is 0 Å². The number of benzene rings is 1. The van der Waals surface area contributed by atoms with E-state index < -0.39 is 11.5 Å². The molecule has 2 N–H and O–H groups in total. The van der Waals surface area contributed by atoms with Gasteiger partial charge in [-0.05, 0) is 35.6 Å². The predicted octanol–water partition coefficient (Wildman–Crippen LogP) is 4.60. The van der Waals surface area contributed by atoms with Gasteiger partial charge in [0.25, 0.3) is 5.56 Å². The Labute approximate surface area is 181 Å². The molecule has 30 heavy (non-hydrogen) atoms. The van der Waals surface area contributed by atoms with Crippen molar-refractivity contribution in [2.24, 2.45) is 0 Å². The van der Waals surface area contributed by atoms with Crippen LogP contribution in [0, 0.1) is 0 Å². The van der Waals surface area contributed by atoms with Gasteiger partial charge in [0.15, 0.2) is 0 Å². The number of anilines is 1. The van der Waals surface area contributed by atoms with E-state index >= 15 is 0 Å². The third-order valence-electron chi connectivity index (χ3n) is 4.47. The van der Waals surface area contributed by atoms with Crippen molar-refractivity contribution in [1.82, 2.24) is 4.57 Å². The Morgan fingerprint density at radius 3 is 2.70 bits per heavy atom. The first-order valence-corrected chi connectivity index (χ1v) is 10.6. The Bertz CT molecular complexity index is 1170. The van der Waals surface area contributed by atoms with Gasteiger partial charge in [0.05, 0.1) is 34.1 Å². The standard InChI is InChI=1S/C21H21ClN2O5S/c1-3-4-8-29-18-17(21(27)28)19-16(7-9-30-19)24(20(18)26)11-13-5-6-15(14(22)10-13)23-12(2)25/h5-7,9-10H,3-4,8,11H2,1-2H3,(H,23,25)(H,27,28). The van der Waals surface area contributed by atoms with Crippen molar-refractivity contribution in [1.29, 1.82) is 0 Å². The highest BCUT2D eigenvalue weighted by Crippen LogP contribution is 2.31. The highest BCUT2D eigenvalue weighted by Gasteiger charge is 2.24. The SMILES string of the molecule is CCCCOc1c(C(=O)O)c2sccc2n(Cc2ccc(NC(C)=O)c(Cl)c2)c1=O. The molecule has 0 bridgehead atoms. The summed E-state index contributed by atoms with van der Waals surface area (Å²) in [5.41, 5.74) is 1.12. The van der Waals surface area contributed by atoms with Crippen LogP contribution in [0.15, 0.2) is 34.4 Å². The van der Waals surface area contributed by atoms with Crippen LogP contribution in [0.1, 0.15) is 42.6 Å². The Kier molecular flexibility index (Phi) is 6.79. The summed E-state index contributed by atoms with van der Waals surface area (Å²) in [6.45, 7) is 3.81. The van der Waals surface area contributed by atoms with Crippen molar-refractivity contribution in [2.45, 2.75) is 33.2 Å². The molecular formula is C21H21ClN2O5S. The lowest BCUT2D eigenvalue weighted by Gasteiger charge is -2.15. The van der Waals surface area contributed by atoms with Gasteiger partial charge in [-0.1, -0.05) is 31.0 Å². The Morgan fingerprint density at radius 2 is 2.07 bits per heavy atom. The smallest absolute Gasteiger partial charge is 0.341 e. The predicted molar refractivity (Wildman–Crippen MR) is 118 cm³/mol. The number of nitrogens with zero attached hydrogens (tertiary/aromatic N) is 1. The normalized spacial score (nSPS) is 10.9. The lowest BCUT2D eigenvalue weighted by molar-refractivity contribution is -0.114. The maximum atomic E-state index is 13.2. The van der Waals surface area contributed by atoms with Crippen LogP contribution in [-0.4, -0.2) is 28.2 Å². The van der Waals surface area contributed by atoms with E-state index in [0.717, 1.165) is 12.0 Å². The van der Waals surface area contributed by atoms with E-state index in [1.54, 1.807) is 29.6 Å². The van der Waals surface area contributed by atoms with Gasteiger partial charge in [-0.3, -0.25) is 14.2 Å². The number of aromatic nitrogens is 1. The molecule has 0 unspecified atom stereocenters. The fourth-order valence-corrected chi connectivity index (χ4v) is 4.26. The second kappa shape index (κ2) is 9.32. The molecule has 158 valence electrons. The molecule has 0 aliphatic carbocycles. The van der Waals surface area contributed by atoms with E-state index in [0.29, 0.717) is 27.3 Å². The van der Waals surface area contributed by atoms with E-state index in [-0.39, 0.29) is 30.4 Å². The molecule has 0 radical (unpaired) electrons. The largest absolute Gasteiger partial charge is 0.487 e. The number of ether oxygens (including phenoxy) is 1. The summed E-state index contributed by atoms with van der Waals surface area (Å²) >= 11 is 7.50. The quantitative estimate of drug-likeness (QED) is 0.491. The van der Waals surface area contributed by atoms with Crippen molar-refractivity contribution in [3.63, 3.8) is 0 Å². The number of carbonyl (C=O) groups is 2. The molecule has 0 fully saturated rings. The number of unbranched alkanes of at least 4 members (excludes halogenated alkanes) is 1. The van der Waals surface area contributed by atoms with Crippen LogP contribution in [0.4, 0.5) is 5.69 Å². The van der Waals surface area contributed by atoms with Crippen molar-refractivity contribution in [3.05, 3.63) is 56.1 Å². The average Bonchev–Trinajstić information content (AvgIpc) is 3.15. The number of rotatable bonds is 8. The number of pyridine rings is 1. The van der Waals surface area contributed by atoms with Crippen molar-refractivity contribution in [3.8, 4) is 5.75 Å². The molecule has 9 heteroatoms.